The van der Waals surface area contributed by atoms with Gasteiger partial charge in [0.05, 0.1) is 19.1 Å². The molecule has 3 rings (SSSR count). The van der Waals surface area contributed by atoms with Gasteiger partial charge in [0.25, 0.3) is 0 Å². The van der Waals surface area contributed by atoms with Gasteiger partial charge in [-0.3, -0.25) is 4.79 Å². The normalized spacial score (nSPS) is 20.6. The van der Waals surface area contributed by atoms with Gasteiger partial charge in [0, 0.05) is 26.0 Å². The average molecular weight is 347 g/mol. The SMILES string of the molecule is CCOC(=O)C1CCN(CCc2cccc3c2COC(C)(C)O3)CC1. The first-order valence-corrected chi connectivity index (χ1v) is 9.31. The summed E-state index contributed by atoms with van der Waals surface area (Å²) < 4.78 is 16.9. The van der Waals surface area contributed by atoms with Gasteiger partial charge in [-0.15, -0.1) is 0 Å². The Bertz CT molecular complexity index is 606. The van der Waals surface area contributed by atoms with E-state index in [0.717, 1.165) is 44.6 Å². The quantitative estimate of drug-likeness (QED) is 0.766. The molecule has 0 bridgehead atoms. The number of carbonyl (C=O) groups excluding carboxylic acids is 1. The van der Waals surface area contributed by atoms with Crippen molar-refractivity contribution in [2.75, 3.05) is 26.2 Å². The average Bonchev–Trinajstić information content (AvgIpc) is 2.59. The highest BCUT2D eigenvalue weighted by molar-refractivity contribution is 5.72. The van der Waals surface area contributed by atoms with Gasteiger partial charge in [-0.2, -0.15) is 0 Å². The van der Waals surface area contributed by atoms with Crippen molar-refractivity contribution in [2.24, 2.45) is 5.92 Å². The zero-order chi connectivity index (χ0) is 17.9. The fraction of sp³-hybridized carbons (Fsp3) is 0.650. The molecule has 1 aromatic rings. The van der Waals surface area contributed by atoms with Gasteiger partial charge in [-0.05, 0) is 50.9 Å². The number of rotatable bonds is 5. The van der Waals surface area contributed by atoms with Crippen LogP contribution < -0.4 is 4.74 Å². The fourth-order valence-corrected chi connectivity index (χ4v) is 3.58. The molecule has 138 valence electrons. The van der Waals surface area contributed by atoms with Crippen LogP contribution in [0.5, 0.6) is 5.75 Å². The molecular weight excluding hydrogens is 318 g/mol. The Labute approximate surface area is 150 Å². The van der Waals surface area contributed by atoms with Crippen LogP contribution in [-0.2, 0) is 27.3 Å². The molecule has 1 aromatic carbocycles. The summed E-state index contributed by atoms with van der Waals surface area (Å²) in [6.45, 7) is 9.73. The van der Waals surface area contributed by atoms with E-state index in [1.807, 2.05) is 26.8 Å². The van der Waals surface area contributed by atoms with Crippen LogP contribution in [0.3, 0.4) is 0 Å². The van der Waals surface area contributed by atoms with Crippen molar-refractivity contribution in [1.29, 1.82) is 0 Å². The van der Waals surface area contributed by atoms with E-state index in [1.165, 1.54) is 11.1 Å². The van der Waals surface area contributed by atoms with E-state index < -0.39 is 5.79 Å². The van der Waals surface area contributed by atoms with E-state index in [9.17, 15) is 4.79 Å². The van der Waals surface area contributed by atoms with Crippen LogP contribution in [0, 0.1) is 5.92 Å². The van der Waals surface area contributed by atoms with E-state index in [2.05, 4.69) is 17.0 Å². The molecule has 0 radical (unpaired) electrons. The van der Waals surface area contributed by atoms with Crippen LogP contribution in [-0.4, -0.2) is 42.9 Å². The number of carbonyl (C=O) groups is 1. The summed E-state index contributed by atoms with van der Waals surface area (Å²) in [6.07, 6.45) is 2.76. The van der Waals surface area contributed by atoms with E-state index in [0.29, 0.717) is 13.2 Å². The Morgan fingerprint density at radius 2 is 2.08 bits per heavy atom. The lowest BCUT2D eigenvalue weighted by molar-refractivity contribution is -0.180. The molecule has 0 aromatic heterocycles. The number of hydrogen-bond donors (Lipinski definition) is 0. The lowest BCUT2D eigenvalue weighted by Crippen LogP contribution is -2.38. The molecule has 0 N–H and O–H groups in total. The van der Waals surface area contributed by atoms with Gasteiger partial charge in [0.1, 0.15) is 5.75 Å². The maximum absolute atomic E-state index is 11.8. The molecule has 1 saturated heterocycles. The number of nitrogens with zero attached hydrogens (tertiary/aromatic N) is 1. The van der Waals surface area contributed by atoms with Crippen LogP contribution in [0.2, 0.25) is 0 Å². The zero-order valence-electron chi connectivity index (χ0n) is 15.5. The van der Waals surface area contributed by atoms with Crippen LogP contribution in [0.1, 0.15) is 44.7 Å². The van der Waals surface area contributed by atoms with Crippen molar-refractivity contribution in [1.82, 2.24) is 4.90 Å². The molecule has 0 saturated carbocycles. The molecule has 25 heavy (non-hydrogen) atoms. The number of benzene rings is 1. The van der Waals surface area contributed by atoms with E-state index in [-0.39, 0.29) is 11.9 Å². The second-order valence-electron chi connectivity index (χ2n) is 7.30. The predicted octanol–water partition coefficient (Wildman–Crippen LogP) is 3.15. The fourth-order valence-electron chi connectivity index (χ4n) is 3.58. The van der Waals surface area contributed by atoms with Crippen LogP contribution in [0.4, 0.5) is 0 Å². The van der Waals surface area contributed by atoms with E-state index in [4.69, 9.17) is 14.2 Å². The van der Waals surface area contributed by atoms with Crippen molar-refractivity contribution >= 4 is 5.97 Å². The first-order chi connectivity index (χ1) is 12.0. The van der Waals surface area contributed by atoms with Crippen molar-refractivity contribution in [2.45, 2.75) is 52.4 Å². The van der Waals surface area contributed by atoms with Crippen molar-refractivity contribution in [3.8, 4) is 5.75 Å². The van der Waals surface area contributed by atoms with Gasteiger partial charge in [0.2, 0.25) is 5.79 Å². The largest absolute Gasteiger partial charge is 0.466 e. The van der Waals surface area contributed by atoms with Gasteiger partial charge >= 0.3 is 5.97 Å². The Balaban J connectivity index is 1.53. The lowest BCUT2D eigenvalue weighted by Gasteiger charge is -2.34. The number of hydrogen-bond acceptors (Lipinski definition) is 5. The molecule has 1 fully saturated rings. The Morgan fingerprint density at radius 1 is 1.32 bits per heavy atom. The van der Waals surface area contributed by atoms with Gasteiger partial charge in [-0.25, -0.2) is 0 Å². The number of esters is 1. The minimum absolute atomic E-state index is 0.0313. The predicted molar refractivity (Wildman–Crippen MR) is 95.4 cm³/mol. The molecular formula is C20H29NO4. The highest BCUT2D eigenvalue weighted by atomic mass is 16.7. The zero-order valence-corrected chi connectivity index (χ0v) is 15.5. The Kier molecular flexibility index (Phi) is 5.64. The third-order valence-electron chi connectivity index (χ3n) is 5.05. The molecule has 0 unspecified atom stereocenters. The molecule has 2 heterocycles. The third kappa shape index (κ3) is 4.53. The van der Waals surface area contributed by atoms with Crippen molar-refractivity contribution in [3.05, 3.63) is 29.3 Å². The summed E-state index contributed by atoms with van der Waals surface area (Å²) in [4.78, 5) is 14.3. The van der Waals surface area contributed by atoms with Crippen LogP contribution in [0.25, 0.3) is 0 Å². The number of ether oxygens (including phenoxy) is 3. The smallest absolute Gasteiger partial charge is 0.309 e. The molecule has 0 aliphatic carbocycles. The van der Waals surface area contributed by atoms with E-state index in [1.54, 1.807) is 0 Å². The minimum atomic E-state index is -0.555. The maximum Gasteiger partial charge on any atom is 0.309 e. The second-order valence-corrected chi connectivity index (χ2v) is 7.30. The second kappa shape index (κ2) is 7.75. The molecule has 5 heteroatoms. The Hall–Kier alpha value is -1.59. The summed E-state index contributed by atoms with van der Waals surface area (Å²) in [5.74, 6) is 0.427. The summed E-state index contributed by atoms with van der Waals surface area (Å²) >= 11 is 0. The Morgan fingerprint density at radius 3 is 2.80 bits per heavy atom. The molecule has 0 spiro atoms. The van der Waals surface area contributed by atoms with Gasteiger partial charge in [0.15, 0.2) is 0 Å². The van der Waals surface area contributed by atoms with E-state index >= 15 is 0 Å². The molecule has 5 nitrogen and oxygen atoms in total. The molecule has 0 atom stereocenters. The minimum Gasteiger partial charge on any atom is -0.466 e. The van der Waals surface area contributed by atoms with Gasteiger partial charge < -0.3 is 19.1 Å². The van der Waals surface area contributed by atoms with Crippen molar-refractivity contribution < 1.29 is 19.0 Å². The maximum atomic E-state index is 11.8. The lowest BCUT2D eigenvalue weighted by atomic mass is 9.96. The number of piperidine rings is 1. The van der Waals surface area contributed by atoms with Gasteiger partial charge in [-0.1, -0.05) is 12.1 Å². The summed E-state index contributed by atoms with van der Waals surface area (Å²) in [5, 5.41) is 0. The van der Waals surface area contributed by atoms with Crippen LogP contribution >= 0.6 is 0 Å². The molecule has 2 aliphatic heterocycles. The summed E-state index contributed by atoms with van der Waals surface area (Å²) in [7, 11) is 0. The number of fused-ring (bicyclic) bond motifs is 1. The third-order valence-corrected chi connectivity index (χ3v) is 5.05. The number of likely N-dealkylation sites (tertiary alicyclic amines) is 1. The highest BCUT2D eigenvalue weighted by Gasteiger charge is 2.29. The summed E-state index contributed by atoms with van der Waals surface area (Å²) in [6, 6.07) is 6.24. The van der Waals surface area contributed by atoms with Crippen LogP contribution in [0.15, 0.2) is 18.2 Å². The first-order valence-electron chi connectivity index (χ1n) is 9.31. The molecule has 0 amide bonds. The van der Waals surface area contributed by atoms with Crippen molar-refractivity contribution in [3.63, 3.8) is 0 Å². The monoisotopic (exact) mass is 347 g/mol. The first kappa shape index (κ1) is 18.2. The molecule has 2 aliphatic rings. The topological polar surface area (TPSA) is 48.0 Å². The summed E-state index contributed by atoms with van der Waals surface area (Å²) in [5.41, 5.74) is 2.46. The highest BCUT2D eigenvalue weighted by Crippen LogP contribution is 2.33. The standard InChI is InChI=1S/C20H29NO4/c1-4-23-19(22)16-9-12-21(13-10-16)11-8-15-6-5-7-18-17(15)14-24-20(2,3)25-18/h5-7,16H,4,8-14H2,1-3H3.